The molecule has 3 aromatic heterocycles. The smallest absolute Gasteiger partial charge is 0.262 e. The molecule has 0 radical (unpaired) electrons. The van der Waals surface area contributed by atoms with E-state index in [2.05, 4.69) is 25.3 Å². The van der Waals surface area contributed by atoms with E-state index in [1.54, 1.807) is 19.2 Å². The number of nitrogens with zero attached hydrogens (tertiary/aromatic N) is 4. The molecule has 1 aliphatic carbocycles. The van der Waals surface area contributed by atoms with Crippen molar-refractivity contribution < 1.29 is 23.0 Å². The van der Waals surface area contributed by atoms with Crippen LogP contribution in [0.15, 0.2) is 43.1 Å². The van der Waals surface area contributed by atoms with Gasteiger partial charge in [0.25, 0.3) is 11.8 Å². The zero-order valence-electron chi connectivity index (χ0n) is 18.0. The summed E-state index contributed by atoms with van der Waals surface area (Å²) < 4.78 is 38.1. The monoisotopic (exact) mass is 455 g/mol. The van der Waals surface area contributed by atoms with Gasteiger partial charge in [0.15, 0.2) is 11.6 Å². The van der Waals surface area contributed by atoms with Crippen molar-refractivity contribution in [2.24, 2.45) is 0 Å². The van der Waals surface area contributed by atoms with E-state index in [9.17, 15) is 13.6 Å². The van der Waals surface area contributed by atoms with Gasteiger partial charge < -0.3 is 14.8 Å². The molecule has 0 aliphatic heterocycles. The highest BCUT2D eigenvalue weighted by molar-refractivity contribution is 5.93. The van der Waals surface area contributed by atoms with Crippen LogP contribution in [0, 0.1) is 5.82 Å². The molecule has 0 aromatic carbocycles. The van der Waals surface area contributed by atoms with Gasteiger partial charge in [-0.05, 0) is 38.7 Å². The van der Waals surface area contributed by atoms with Crippen LogP contribution in [0.1, 0.15) is 43.0 Å². The topological polar surface area (TPSA) is 99.1 Å². The first-order valence-electron chi connectivity index (χ1n) is 10.7. The van der Waals surface area contributed by atoms with E-state index in [1.807, 2.05) is 0 Å². The third-order valence-corrected chi connectivity index (χ3v) is 5.13. The molecule has 0 bridgehead atoms. The lowest BCUT2D eigenvalue weighted by Gasteiger charge is -2.25. The molecule has 1 amide bonds. The van der Waals surface area contributed by atoms with Crippen molar-refractivity contribution in [2.75, 3.05) is 6.61 Å². The van der Waals surface area contributed by atoms with E-state index in [0.29, 0.717) is 36.6 Å². The number of nitrogens with one attached hydrogen (secondary N) is 1. The van der Waals surface area contributed by atoms with Crippen LogP contribution in [0.3, 0.4) is 0 Å². The Hall–Kier alpha value is -3.69. The standard InChI is InChI=1S/C23H23F2N5O3/c1-2-32-20-8-17(25)12-29-23(20)33-19-6-14(9-26-13-19)21-27-10-15(11-28-21)22(31)30-18-5-3-4-16(24)7-18/h6,8-13,16,18H,2-5,7H2,1H3,(H,30,31)/t16-,18-/m1/s1. The summed E-state index contributed by atoms with van der Waals surface area (Å²) >= 11 is 0. The number of ether oxygens (including phenoxy) is 2. The maximum absolute atomic E-state index is 13.6. The Morgan fingerprint density at radius 2 is 1.94 bits per heavy atom. The van der Waals surface area contributed by atoms with Gasteiger partial charge in [0.1, 0.15) is 17.7 Å². The fraction of sp³-hybridized carbons (Fsp3) is 0.348. The van der Waals surface area contributed by atoms with Crippen molar-refractivity contribution in [1.82, 2.24) is 25.3 Å². The molecule has 33 heavy (non-hydrogen) atoms. The summed E-state index contributed by atoms with van der Waals surface area (Å²) in [6.07, 6.45) is 8.39. The lowest BCUT2D eigenvalue weighted by Crippen LogP contribution is -2.39. The van der Waals surface area contributed by atoms with Gasteiger partial charge in [-0.25, -0.2) is 23.7 Å². The summed E-state index contributed by atoms with van der Waals surface area (Å²) in [5.74, 6) is 0.0685. The van der Waals surface area contributed by atoms with Gasteiger partial charge >= 0.3 is 0 Å². The largest absolute Gasteiger partial charge is 0.488 e. The average molecular weight is 455 g/mol. The van der Waals surface area contributed by atoms with E-state index in [-0.39, 0.29) is 29.1 Å². The Morgan fingerprint density at radius 3 is 2.70 bits per heavy atom. The van der Waals surface area contributed by atoms with Gasteiger partial charge in [-0.15, -0.1) is 0 Å². The highest BCUT2D eigenvalue weighted by Gasteiger charge is 2.23. The van der Waals surface area contributed by atoms with Crippen LogP contribution >= 0.6 is 0 Å². The Bertz CT molecular complexity index is 1110. The number of hydrogen-bond acceptors (Lipinski definition) is 7. The van der Waals surface area contributed by atoms with E-state index in [1.165, 1.54) is 24.7 Å². The van der Waals surface area contributed by atoms with E-state index in [0.717, 1.165) is 19.0 Å². The summed E-state index contributed by atoms with van der Waals surface area (Å²) in [6, 6.07) is 2.66. The summed E-state index contributed by atoms with van der Waals surface area (Å²) in [6.45, 7) is 2.09. The van der Waals surface area contributed by atoms with Gasteiger partial charge in [0, 0.05) is 36.3 Å². The van der Waals surface area contributed by atoms with Crippen LogP contribution in [0.25, 0.3) is 11.4 Å². The molecule has 1 aliphatic rings. The Morgan fingerprint density at radius 1 is 1.12 bits per heavy atom. The molecule has 3 aromatic rings. The minimum absolute atomic E-state index is 0.100. The minimum Gasteiger partial charge on any atom is -0.488 e. The van der Waals surface area contributed by atoms with Crippen molar-refractivity contribution in [3.05, 3.63) is 54.5 Å². The number of halogens is 2. The SMILES string of the molecule is CCOc1cc(F)cnc1Oc1cncc(-c2ncc(C(=O)N[C@@H]3CCC[C@@H](F)C3)cn2)c1. The molecule has 172 valence electrons. The maximum Gasteiger partial charge on any atom is 0.262 e. The third-order valence-electron chi connectivity index (χ3n) is 5.13. The van der Waals surface area contributed by atoms with Gasteiger partial charge in [-0.2, -0.15) is 0 Å². The second kappa shape index (κ2) is 10.3. The van der Waals surface area contributed by atoms with Crippen molar-refractivity contribution in [3.63, 3.8) is 0 Å². The number of amides is 1. The maximum atomic E-state index is 13.6. The number of hydrogen-bond donors (Lipinski definition) is 1. The predicted molar refractivity (Wildman–Crippen MR) is 115 cm³/mol. The molecule has 4 rings (SSSR count). The van der Waals surface area contributed by atoms with Crippen LogP contribution in [0.2, 0.25) is 0 Å². The molecular weight excluding hydrogens is 432 g/mol. The van der Waals surface area contributed by atoms with Gasteiger partial charge in [0.05, 0.1) is 24.6 Å². The van der Waals surface area contributed by atoms with E-state index >= 15 is 0 Å². The normalized spacial score (nSPS) is 17.9. The number of carbonyl (C=O) groups is 1. The lowest BCUT2D eigenvalue weighted by atomic mass is 9.94. The van der Waals surface area contributed by atoms with Gasteiger partial charge in [-0.1, -0.05) is 0 Å². The highest BCUT2D eigenvalue weighted by Crippen LogP contribution is 2.31. The molecule has 1 saturated carbocycles. The summed E-state index contributed by atoms with van der Waals surface area (Å²) in [5, 5.41) is 2.84. The average Bonchev–Trinajstić information content (AvgIpc) is 2.81. The molecule has 3 heterocycles. The quantitative estimate of drug-likeness (QED) is 0.568. The molecule has 0 unspecified atom stereocenters. The van der Waals surface area contributed by atoms with Gasteiger partial charge in [0.2, 0.25) is 0 Å². The zero-order valence-corrected chi connectivity index (χ0v) is 18.0. The first-order valence-corrected chi connectivity index (χ1v) is 10.7. The Labute approximate surface area is 189 Å². The van der Waals surface area contributed by atoms with Crippen LogP contribution in [0.4, 0.5) is 8.78 Å². The van der Waals surface area contributed by atoms with E-state index in [4.69, 9.17) is 9.47 Å². The molecule has 1 N–H and O–H groups in total. The number of aromatic nitrogens is 4. The zero-order chi connectivity index (χ0) is 23.2. The van der Waals surface area contributed by atoms with Crippen molar-refractivity contribution in [3.8, 4) is 28.8 Å². The molecule has 10 heteroatoms. The molecule has 0 saturated heterocycles. The van der Waals surface area contributed by atoms with Crippen molar-refractivity contribution in [1.29, 1.82) is 0 Å². The number of carbonyl (C=O) groups excluding carboxylic acids is 1. The van der Waals surface area contributed by atoms with Gasteiger partial charge in [-0.3, -0.25) is 9.78 Å². The second-order valence-corrected chi connectivity index (χ2v) is 7.63. The predicted octanol–water partition coefficient (Wildman–Crippen LogP) is 4.27. The second-order valence-electron chi connectivity index (χ2n) is 7.63. The molecule has 2 atom stereocenters. The van der Waals surface area contributed by atoms with Crippen molar-refractivity contribution in [2.45, 2.75) is 44.8 Å². The third kappa shape index (κ3) is 5.76. The first-order chi connectivity index (χ1) is 16.0. The summed E-state index contributed by atoms with van der Waals surface area (Å²) in [4.78, 5) is 29.0. The fourth-order valence-corrected chi connectivity index (χ4v) is 3.58. The Kier molecular flexibility index (Phi) is 7.01. The molecule has 8 nitrogen and oxygen atoms in total. The van der Waals surface area contributed by atoms with Crippen LogP contribution in [-0.2, 0) is 0 Å². The minimum atomic E-state index is -0.876. The Balaban J connectivity index is 1.46. The lowest BCUT2D eigenvalue weighted by molar-refractivity contribution is 0.0912. The molecule has 1 fully saturated rings. The fourth-order valence-electron chi connectivity index (χ4n) is 3.58. The first kappa shape index (κ1) is 22.5. The summed E-state index contributed by atoms with van der Waals surface area (Å²) in [5.41, 5.74) is 0.837. The number of pyridine rings is 2. The number of rotatable bonds is 7. The van der Waals surface area contributed by atoms with Crippen LogP contribution in [-0.4, -0.2) is 44.7 Å². The highest BCUT2D eigenvalue weighted by atomic mass is 19.1. The molecular formula is C23H23F2N5O3. The number of alkyl halides is 1. The van der Waals surface area contributed by atoms with Crippen LogP contribution < -0.4 is 14.8 Å². The molecule has 0 spiro atoms. The summed E-state index contributed by atoms with van der Waals surface area (Å²) in [7, 11) is 0. The van der Waals surface area contributed by atoms with E-state index < -0.39 is 12.0 Å². The van der Waals surface area contributed by atoms with Crippen molar-refractivity contribution >= 4 is 5.91 Å². The van der Waals surface area contributed by atoms with Crippen LogP contribution in [0.5, 0.6) is 17.4 Å².